The topological polar surface area (TPSA) is 229 Å². The number of esters is 1. The van der Waals surface area contributed by atoms with Gasteiger partial charge in [-0.25, -0.2) is 0 Å². The van der Waals surface area contributed by atoms with Crippen LogP contribution in [0, 0.1) is 0 Å². The molecule has 1 aliphatic rings. The van der Waals surface area contributed by atoms with Gasteiger partial charge in [0, 0.05) is 11.4 Å². The fraction of sp³-hybridized carbons (Fsp3) is 0.373. The molecule has 0 radical (unpaired) electrons. The number of ether oxygens (including phenoxy) is 4. The smallest absolute Gasteiger partial charge is 0.313 e. The first kappa shape index (κ1) is 59.2. The second kappa shape index (κ2) is 28.2. The molecule has 1 fully saturated rings. The van der Waals surface area contributed by atoms with Gasteiger partial charge in [-0.15, -0.1) is 0 Å². The van der Waals surface area contributed by atoms with Crippen molar-refractivity contribution in [3.05, 3.63) is 167 Å². The summed E-state index contributed by atoms with van der Waals surface area (Å²) in [6.45, 7) is 17.8. The van der Waals surface area contributed by atoms with Crippen molar-refractivity contribution < 1.29 is 52.5 Å². The van der Waals surface area contributed by atoms with Gasteiger partial charge in [0.25, 0.3) is 0 Å². The molecule has 6 rings (SSSR count). The normalized spacial score (nSPS) is 15.4. The van der Waals surface area contributed by atoms with E-state index in [-0.39, 0.29) is 23.9 Å². The molecule has 5 atom stereocenters. The quantitative estimate of drug-likeness (QED) is 0.0270. The number of nitrogens with one attached hydrogen (secondary N) is 6. The van der Waals surface area contributed by atoms with Gasteiger partial charge in [0.1, 0.15) is 18.1 Å². The Balaban J connectivity index is 0.000000284. The van der Waals surface area contributed by atoms with Crippen LogP contribution in [0.5, 0.6) is 0 Å². The third-order valence-electron chi connectivity index (χ3n) is 12.0. The third-order valence-corrected chi connectivity index (χ3v) is 12.0. The van der Waals surface area contributed by atoms with E-state index in [9.17, 15) is 33.6 Å². The average Bonchev–Trinajstić information content (AvgIpc) is 3.75. The first-order chi connectivity index (χ1) is 36.1. The van der Waals surface area contributed by atoms with Crippen LogP contribution in [0.15, 0.2) is 140 Å². The first-order valence-corrected chi connectivity index (χ1v) is 25.3. The number of benzene rings is 5. The van der Waals surface area contributed by atoms with Gasteiger partial charge in [0.15, 0.2) is 6.29 Å². The summed E-state index contributed by atoms with van der Waals surface area (Å²) in [6, 6.07) is 40.1. The second-order valence-corrected chi connectivity index (χ2v) is 20.3. The molecular weight excluding hydrogens is 969 g/mol. The van der Waals surface area contributed by atoms with E-state index in [1.54, 1.807) is 24.3 Å². The SMILES string of the molecule is CC[C@H](NC(=O)[C@H](C)NC(=O)C(=O)Nc1ccccc1C(C)(C)C)C(OCc1ccccc1)OCc1ccccc1.C[C@H](NC(=O)C(=O)Nc1ccccc1C(C)(C)C)C(=O)NC1CC(=O)OC1OCc1ccccc1. The molecule has 17 heteroatoms. The van der Waals surface area contributed by atoms with Crippen molar-refractivity contribution in [3.8, 4) is 0 Å². The van der Waals surface area contributed by atoms with Crippen molar-refractivity contribution in [1.82, 2.24) is 21.3 Å². The number of cyclic esters (lactones) is 1. The zero-order chi connectivity index (χ0) is 55.4. The number of hydrogen-bond acceptors (Lipinski definition) is 11. The Hall–Kier alpha value is -7.73. The summed E-state index contributed by atoms with van der Waals surface area (Å²) in [5, 5.41) is 15.8. The minimum absolute atomic E-state index is 0.0596. The monoisotopic (exact) mass is 1040 g/mol. The van der Waals surface area contributed by atoms with Gasteiger partial charge < -0.3 is 50.8 Å². The molecule has 404 valence electrons. The van der Waals surface area contributed by atoms with Crippen LogP contribution in [0.3, 0.4) is 0 Å². The highest BCUT2D eigenvalue weighted by Crippen LogP contribution is 2.30. The number of anilines is 2. The number of amides is 6. The number of carbonyl (C=O) groups excluding carboxylic acids is 7. The van der Waals surface area contributed by atoms with Crippen LogP contribution in [-0.2, 0) is 83.2 Å². The Labute approximate surface area is 445 Å². The van der Waals surface area contributed by atoms with Crippen LogP contribution in [0.25, 0.3) is 0 Å². The van der Waals surface area contributed by atoms with E-state index in [4.69, 9.17) is 18.9 Å². The van der Waals surface area contributed by atoms with E-state index in [1.165, 1.54) is 13.8 Å². The molecule has 2 unspecified atom stereocenters. The molecule has 17 nitrogen and oxygen atoms in total. The van der Waals surface area contributed by atoms with E-state index in [0.29, 0.717) is 31.0 Å². The molecule has 6 amide bonds. The van der Waals surface area contributed by atoms with Gasteiger partial charge in [-0.05, 0) is 71.0 Å². The van der Waals surface area contributed by atoms with E-state index >= 15 is 0 Å². The van der Waals surface area contributed by atoms with Gasteiger partial charge in [-0.3, -0.25) is 33.6 Å². The maximum Gasteiger partial charge on any atom is 0.313 e. The predicted octanol–water partition coefficient (Wildman–Crippen LogP) is 7.48. The van der Waals surface area contributed by atoms with E-state index < -0.39 is 78.2 Å². The minimum Gasteiger partial charge on any atom is -0.433 e. The number of rotatable bonds is 19. The summed E-state index contributed by atoms with van der Waals surface area (Å²) in [5.74, 6) is -5.11. The molecule has 76 heavy (non-hydrogen) atoms. The van der Waals surface area contributed by atoms with Crippen molar-refractivity contribution in [2.45, 2.75) is 143 Å². The Morgan fingerprint density at radius 3 is 1.36 bits per heavy atom. The van der Waals surface area contributed by atoms with Crippen LogP contribution in [-0.4, -0.2) is 78.2 Å². The van der Waals surface area contributed by atoms with Crippen molar-refractivity contribution in [1.29, 1.82) is 0 Å². The second-order valence-electron chi connectivity index (χ2n) is 20.3. The number of para-hydroxylation sites is 2. The first-order valence-electron chi connectivity index (χ1n) is 25.3. The Kier molecular flexibility index (Phi) is 22.0. The van der Waals surface area contributed by atoms with Crippen molar-refractivity contribution in [3.63, 3.8) is 0 Å². The van der Waals surface area contributed by atoms with Crippen molar-refractivity contribution >= 4 is 52.8 Å². The zero-order valence-corrected chi connectivity index (χ0v) is 44.8. The summed E-state index contributed by atoms with van der Waals surface area (Å²) in [7, 11) is 0. The molecule has 0 saturated carbocycles. The van der Waals surface area contributed by atoms with Crippen LogP contribution in [0.1, 0.15) is 103 Å². The third kappa shape index (κ3) is 18.6. The fourth-order valence-corrected chi connectivity index (χ4v) is 7.83. The number of carbonyl (C=O) groups is 7. The van der Waals surface area contributed by atoms with Gasteiger partial charge >= 0.3 is 29.6 Å². The molecule has 5 aromatic rings. The van der Waals surface area contributed by atoms with E-state index in [1.807, 2.05) is 164 Å². The molecule has 0 aliphatic carbocycles. The lowest BCUT2D eigenvalue weighted by Gasteiger charge is -2.29. The van der Waals surface area contributed by atoms with Gasteiger partial charge in [-0.2, -0.15) is 0 Å². The minimum atomic E-state index is -1.03. The summed E-state index contributed by atoms with van der Waals surface area (Å²) >= 11 is 0. The average molecular weight is 1040 g/mol. The van der Waals surface area contributed by atoms with Crippen LogP contribution < -0.4 is 31.9 Å². The van der Waals surface area contributed by atoms with E-state index in [0.717, 1.165) is 27.8 Å². The molecule has 1 aliphatic heterocycles. The lowest BCUT2D eigenvalue weighted by molar-refractivity contribution is -0.176. The maximum absolute atomic E-state index is 13.1. The highest BCUT2D eigenvalue weighted by molar-refractivity contribution is 6.40. The zero-order valence-electron chi connectivity index (χ0n) is 44.8. The lowest BCUT2D eigenvalue weighted by Crippen LogP contribution is -2.53. The van der Waals surface area contributed by atoms with Gasteiger partial charge in [-0.1, -0.05) is 176 Å². The van der Waals surface area contributed by atoms with Gasteiger partial charge in [0.2, 0.25) is 18.1 Å². The van der Waals surface area contributed by atoms with E-state index in [2.05, 4.69) is 31.9 Å². The van der Waals surface area contributed by atoms with Crippen LogP contribution >= 0.6 is 0 Å². The van der Waals surface area contributed by atoms with Crippen molar-refractivity contribution in [2.75, 3.05) is 10.6 Å². The molecule has 1 heterocycles. The predicted molar refractivity (Wildman–Crippen MR) is 289 cm³/mol. The summed E-state index contributed by atoms with van der Waals surface area (Å²) in [6.07, 6.45) is -1.24. The summed E-state index contributed by atoms with van der Waals surface area (Å²) < 4.78 is 23.1. The molecule has 1 saturated heterocycles. The summed E-state index contributed by atoms with van der Waals surface area (Å²) in [4.78, 5) is 87.8. The summed E-state index contributed by atoms with van der Waals surface area (Å²) in [5.41, 5.74) is 5.21. The van der Waals surface area contributed by atoms with Gasteiger partial charge in [0.05, 0.1) is 32.3 Å². The van der Waals surface area contributed by atoms with Crippen molar-refractivity contribution in [2.24, 2.45) is 0 Å². The lowest BCUT2D eigenvalue weighted by atomic mass is 9.86. The molecule has 0 aromatic heterocycles. The Morgan fingerprint density at radius 1 is 0.539 bits per heavy atom. The maximum atomic E-state index is 13.1. The molecule has 0 spiro atoms. The highest BCUT2D eigenvalue weighted by Gasteiger charge is 2.38. The molecule has 5 aromatic carbocycles. The Morgan fingerprint density at radius 2 is 0.934 bits per heavy atom. The fourth-order valence-electron chi connectivity index (χ4n) is 7.83. The van der Waals surface area contributed by atoms with Crippen LogP contribution in [0.2, 0.25) is 0 Å². The Bertz CT molecular complexity index is 2680. The highest BCUT2D eigenvalue weighted by atomic mass is 16.7. The molecular formula is C59H72N6O11. The molecule has 0 bridgehead atoms. The largest absolute Gasteiger partial charge is 0.433 e. The molecule has 6 N–H and O–H groups in total. The number of hydrogen-bond donors (Lipinski definition) is 6. The van der Waals surface area contributed by atoms with Crippen LogP contribution in [0.4, 0.5) is 11.4 Å². The standard InChI is InChI=1S/C33H41N3O5.C26H31N3O6/c1-6-27(32(40-21-24-15-9-7-10-16-24)41-22-25-17-11-8-12-18-25)35-29(37)23(2)34-30(38)31(39)36-28-20-14-13-19-26(28)33(3,4)5;1-16(27-23(32)24(33)28-19-13-9-8-12-18(19)26(2,3)4)22(31)29-20-14-21(30)35-25(20)34-15-17-10-6-5-7-11-17/h7-20,23,27,32H,6,21-22H2,1-5H3,(H,34,38)(H,35,37)(H,36,39);5-13,16,20,25H,14-15H2,1-4H3,(H,27,32)(H,28,33)(H,29,31)/t23-,27-;16-,20?,25?/m00/s1.